The van der Waals surface area contributed by atoms with Crippen LogP contribution >= 0.6 is 0 Å². The van der Waals surface area contributed by atoms with Gasteiger partial charge in [-0.05, 0) is 32.8 Å². The summed E-state index contributed by atoms with van der Waals surface area (Å²) in [6.07, 6.45) is 1.48. The number of hydrogen-bond donors (Lipinski definition) is 0. The van der Waals surface area contributed by atoms with E-state index in [0.29, 0.717) is 18.7 Å². The first-order valence-electron chi connectivity index (χ1n) is 9.70. The number of carbonyl (C=O) groups excluding carboxylic acids is 1. The highest BCUT2D eigenvalue weighted by atomic mass is 19.3. The maximum Gasteiger partial charge on any atom is 0.334 e. The van der Waals surface area contributed by atoms with Crippen molar-refractivity contribution < 1.29 is 22.8 Å². The van der Waals surface area contributed by atoms with E-state index in [2.05, 4.69) is 16.7 Å². The Morgan fingerprint density at radius 2 is 1.86 bits per heavy atom. The predicted molar refractivity (Wildman–Crippen MR) is 106 cm³/mol. The Morgan fingerprint density at radius 1 is 1.21 bits per heavy atom. The van der Waals surface area contributed by atoms with E-state index in [9.17, 15) is 13.6 Å². The summed E-state index contributed by atoms with van der Waals surface area (Å²) < 4.78 is 38.6. The lowest BCUT2D eigenvalue weighted by Gasteiger charge is -2.19. The zero-order valence-electron chi connectivity index (χ0n) is 17.4. The highest BCUT2D eigenvalue weighted by Crippen LogP contribution is 2.33. The monoisotopic (exact) mass is 406 g/mol. The molecule has 0 saturated heterocycles. The van der Waals surface area contributed by atoms with E-state index in [1.165, 1.54) is 12.1 Å². The summed E-state index contributed by atoms with van der Waals surface area (Å²) in [7, 11) is 0. The topological polar surface area (TPSA) is 65.2 Å². The van der Waals surface area contributed by atoms with Crippen LogP contribution < -0.4 is 0 Å². The van der Waals surface area contributed by atoms with E-state index in [-0.39, 0.29) is 29.9 Å². The summed E-state index contributed by atoms with van der Waals surface area (Å²) in [4.78, 5) is 16.2. The lowest BCUT2D eigenvalue weighted by Crippen LogP contribution is -2.25. The standard InChI is InChI=1S/C22H28F2N2O3/c1-6-7-12-22(23,24)17-10-8-16(9-11-17)14-18-25-19(29-26-18)13-15(2)20(27)28-21(3,4)5/h8-11H,2,6-7,12-14H2,1,3-5H3. The molecule has 1 heterocycles. The van der Waals surface area contributed by atoms with Gasteiger partial charge < -0.3 is 9.26 Å². The van der Waals surface area contributed by atoms with Gasteiger partial charge >= 0.3 is 5.97 Å². The van der Waals surface area contributed by atoms with Gasteiger partial charge in [-0.1, -0.05) is 49.3 Å². The Kier molecular flexibility index (Phi) is 7.27. The van der Waals surface area contributed by atoms with Gasteiger partial charge in [-0.15, -0.1) is 0 Å². The Bertz CT molecular complexity index is 836. The molecule has 158 valence electrons. The third-order valence-electron chi connectivity index (χ3n) is 4.15. The molecule has 0 aliphatic heterocycles. The molecule has 0 amide bonds. The summed E-state index contributed by atoms with van der Waals surface area (Å²) in [6.45, 7) is 10.9. The van der Waals surface area contributed by atoms with Crippen molar-refractivity contribution in [3.8, 4) is 0 Å². The Morgan fingerprint density at radius 3 is 2.45 bits per heavy atom. The van der Waals surface area contributed by atoms with Crippen LogP contribution in [0.3, 0.4) is 0 Å². The second-order valence-corrected chi connectivity index (χ2v) is 8.07. The number of esters is 1. The number of unbranched alkanes of at least 4 members (excludes halogenated alkanes) is 1. The van der Waals surface area contributed by atoms with Crippen molar-refractivity contribution in [2.75, 3.05) is 0 Å². The zero-order valence-corrected chi connectivity index (χ0v) is 17.4. The summed E-state index contributed by atoms with van der Waals surface area (Å²) in [6, 6.07) is 6.17. The molecule has 0 spiro atoms. The van der Waals surface area contributed by atoms with Gasteiger partial charge in [0, 0.05) is 24.0 Å². The Balaban J connectivity index is 1.96. The summed E-state index contributed by atoms with van der Waals surface area (Å²) in [5, 5.41) is 3.88. The molecule has 1 aromatic carbocycles. The first kappa shape index (κ1) is 22.7. The smallest absolute Gasteiger partial charge is 0.334 e. The van der Waals surface area contributed by atoms with Crippen LogP contribution in [-0.2, 0) is 28.3 Å². The van der Waals surface area contributed by atoms with Gasteiger partial charge in [0.15, 0.2) is 5.82 Å². The average Bonchev–Trinajstić information content (AvgIpc) is 3.06. The fraction of sp³-hybridized carbons (Fsp3) is 0.500. The lowest BCUT2D eigenvalue weighted by atomic mass is 10.0. The fourth-order valence-corrected chi connectivity index (χ4v) is 2.63. The molecular weight excluding hydrogens is 378 g/mol. The molecule has 5 nitrogen and oxygen atoms in total. The number of halogens is 2. The summed E-state index contributed by atoms with van der Waals surface area (Å²) in [5.74, 6) is -2.69. The molecule has 2 aromatic rings. The number of alkyl halides is 2. The molecular formula is C22H28F2N2O3. The minimum absolute atomic E-state index is 0.0113. The first-order valence-corrected chi connectivity index (χ1v) is 9.70. The average molecular weight is 406 g/mol. The largest absolute Gasteiger partial charge is 0.457 e. The van der Waals surface area contributed by atoms with E-state index in [0.717, 1.165) is 12.0 Å². The van der Waals surface area contributed by atoms with Crippen LogP contribution in [-0.4, -0.2) is 21.7 Å². The van der Waals surface area contributed by atoms with Crippen LogP contribution in [0.5, 0.6) is 0 Å². The SMILES string of the molecule is C=C(Cc1nc(Cc2ccc(C(F)(F)CCCC)cc2)no1)C(=O)OC(C)(C)C. The van der Waals surface area contributed by atoms with Gasteiger partial charge in [0.25, 0.3) is 5.92 Å². The molecule has 0 unspecified atom stereocenters. The van der Waals surface area contributed by atoms with Crippen LogP contribution in [0.25, 0.3) is 0 Å². The van der Waals surface area contributed by atoms with Crippen LogP contribution in [0.1, 0.15) is 69.8 Å². The number of hydrogen-bond acceptors (Lipinski definition) is 5. The maximum atomic E-state index is 14.1. The number of benzene rings is 1. The maximum absolute atomic E-state index is 14.1. The molecule has 1 aromatic heterocycles. The van der Waals surface area contributed by atoms with Crippen molar-refractivity contribution in [1.82, 2.24) is 10.1 Å². The third kappa shape index (κ3) is 7.07. The van der Waals surface area contributed by atoms with Gasteiger partial charge in [-0.3, -0.25) is 0 Å². The molecule has 0 atom stereocenters. The van der Waals surface area contributed by atoms with Crippen molar-refractivity contribution >= 4 is 5.97 Å². The lowest BCUT2D eigenvalue weighted by molar-refractivity contribution is -0.150. The highest BCUT2D eigenvalue weighted by Gasteiger charge is 2.30. The van der Waals surface area contributed by atoms with Gasteiger partial charge in [-0.25, -0.2) is 13.6 Å². The van der Waals surface area contributed by atoms with Crippen molar-refractivity contribution in [3.05, 3.63) is 59.3 Å². The number of rotatable bonds is 9. The van der Waals surface area contributed by atoms with Crippen molar-refractivity contribution in [2.45, 2.75) is 71.3 Å². The van der Waals surface area contributed by atoms with Crippen LogP contribution in [0.15, 0.2) is 40.9 Å². The van der Waals surface area contributed by atoms with Gasteiger partial charge in [-0.2, -0.15) is 4.98 Å². The third-order valence-corrected chi connectivity index (χ3v) is 4.15. The van der Waals surface area contributed by atoms with E-state index >= 15 is 0 Å². The predicted octanol–water partition coefficient (Wildman–Crippen LogP) is 5.38. The molecule has 7 heteroatoms. The quantitative estimate of drug-likeness (QED) is 0.413. The van der Waals surface area contributed by atoms with Gasteiger partial charge in [0.2, 0.25) is 5.89 Å². The molecule has 0 aliphatic rings. The van der Waals surface area contributed by atoms with Crippen LogP contribution in [0, 0.1) is 0 Å². The van der Waals surface area contributed by atoms with E-state index in [1.807, 2.05) is 6.92 Å². The zero-order chi connectivity index (χ0) is 21.7. The molecule has 29 heavy (non-hydrogen) atoms. The number of aromatic nitrogens is 2. The molecule has 0 radical (unpaired) electrons. The minimum Gasteiger partial charge on any atom is -0.457 e. The molecule has 2 rings (SSSR count). The van der Waals surface area contributed by atoms with E-state index < -0.39 is 17.5 Å². The van der Waals surface area contributed by atoms with Crippen molar-refractivity contribution in [1.29, 1.82) is 0 Å². The molecule has 0 saturated carbocycles. The van der Waals surface area contributed by atoms with Gasteiger partial charge in [0.05, 0.1) is 6.42 Å². The Labute approximate surface area is 170 Å². The normalized spacial score (nSPS) is 12.1. The number of carbonyl (C=O) groups is 1. The van der Waals surface area contributed by atoms with Gasteiger partial charge in [0.1, 0.15) is 5.60 Å². The molecule has 0 aliphatic carbocycles. The molecule has 0 N–H and O–H groups in total. The van der Waals surface area contributed by atoms with Crippen LogP contribution in [0.4, 0.5) is 8.78 Å². The first-order chi connectivity index (χ1) is 13.5. The van der Waals surface area contributed by atoms with Crippen LogP contribution in [0.2, 0.25) is 0 Å². The van der Waals surface area contributed by atoms with E-state index in [1.54, 1.807) is 32.9 Å². The second kappa shape index (κ2) is 9.29. The molecule has 0 bridgehead atoms. The Hall–Kier alpha value is -2.57. The minimum atomic E-state index is -2.82. The van der Waals surface area contributed by atoms with E-state index in [4.69, 9.17) is 9.26 Å². The number of nitrogens with zero attached hydrogens (tertiary/aromatic N) is 2. The molecule has 0 fully saturated rings. The second-order valence-electron chi connectivity index (χ2n) is 8.07. The van der Waals surface area contributed by atoms with Crippen molar-refractivity contribution in [2.24, 2.45) is 0 Å². The summed E-state index contributed by atoms with van der Waals surface area (Å²) in [5.41, 5.74) is 0.406. The number of ether oxygens (including phenoxy) is 1. The van der Waals surface area contributed by atoms with Crippen molar-refractivity contribution in [3.63, 3.8) is 0 Å². The fourth-order valence-electron chi connectivity index (χ4n) is 2.63. The summed E-state index contributed by atoms with van der Waals surface area (Å²) >= 11 is 0. The highest BCUT2D eigenvalue weighted by molar-refractivity contribution is 5.88.